The van der Waals surface area contributed by atoms with Crippen LogP contribution in [0, 0.1) is 6.92 Å². The van der Waals surface area contributed by atoms with Crippen LogP contribution < -0.4 is 16.3 Å². The van der Waals surface area contributed by atoms with Crippen LogP contribution in [0.25, 0.3) is 0 Å². The molecule has 0 radical (unpaired) electrons. The molecule has 2 heterocycles. The van der Waals surface area contributed by atoms with Gasteiger partial charge in [-0.2, -0.15) is 5.10 Å². The Labute approximate surface area is 194 Å². The number of pyridine rings is 1. The summed E-state index contributed by atoms with van der Waals surface area (Å²) in [5.74, 6) is -0.935. The van der Waals surface area contributed by atoms with Crippen molar-refractivity contribution in [1.82, 2.24) is 21.3 Å². The van der Waals surface area contributed by atoms with Gasteiger partial charge in [0.15, 0.2) is 5.76 Å². The summed E-state index contributed by atoms with van der Waals surface area (Å²) in [6, 6.07) is 11.5. The summed E-state index contributed by atoms with van der Waals surface area (Å²) >= 11 is 6.01. The van der Waals surface area contributed by atoms with Gasteiger partial charge < -0.3 is 4.42 Å². The van der Waals surface area contributed by atoms with E-state index in [0.717, 1.165) is 6.42 Å². The Hall–Kier alpha value is -3.98. The Kier molecular flexibility index (Phi) is 6.50. The van der Waals surface area contributed by atoms with Gasteiger partial charge in [0.2, 0.25) is 0 Å². The van der Waals surface area contributed by atoms with Crippen LogP contribution in [-0.2, 0) is 6.42 Å². The zero-order chi connectivity index (χ0) is 23.4. The number of furan rings is 1. The average molecular weight is 466 g/mol. The van der Waals surface area contributed by atoms with E-state index in [9.17, 15) is 14.4 Å². The van der Waals surface area contributed by atoms with Crippen molar-refractivity contribution in [3.63, 3.8) is 0 Å². The number of halogens is 1. The number of aryl methyl sites for hydroxylation is 1. The van der Waals surface area contributed by atoms with Crippen molar-refractivity contribution in [3.05, 3.63) is 87.6 Å². The Balaban J connectivity index is 1.49. The first kappa shape index (κ1) is 22.2. The normalized spacial score (nSPS) is 13.8. The monoisotopic (exact) mass is 465 g/mol. The molecule has 10 heteroatoms. The summed E-state index contributed by atoms with van der Waals surface area (Å²) in [5.41, 5.74) is 9.55. The lowest BCUT2D eigenvalue weighted by molar-refractivity contribution is 0.0829. The van der Waals surface area contributed by atoms with Crippen molar-refractivity contribution in [2.45, 2.75) is 26.2 Å². The van der Waals surface area contributed by atoms with Crippen molar-refractivity contribution in [2.24, 2.45) is 5.10 Å². The Bertz CT molecular complexity index is 1250. The van der Waals surface area contributed by atoms with E-state index in [2.05, 4.69) is 26.4 Å². The summed E-state index contributed by atoms with van der Waals surface area (Å²) in [5, 5.41) is 4.53. The maximum Gasteiger partial charge on any atom is 0.305 e. The number of hydrazine groups is 1. The van der Waals surface area contributed by atoms with Gasteiger partial charge in [-0.25, -0.2) is 5.43 Å². The number of benzene rings is 1. The maximum atomic E-state index is 12.7. The molecule has 1 aromatic carbocycles. The maximum absolute atomic E-state index is 12.7. The highest BCUT2D eigenvalue weighted by Crippen LogP contribution is 2.29. The molecule has 168 valence electrons. The van der Waals surface area contributed by atoms with Crippen molar-refractivity contribution >= 4 is 35.0 Å². The number of aromatic nitrogens is 1. The van der Waals surface area contributed by atoms with Crippen LogP contribution in [0.4, 0.5) is 0 Å². The molecular weight excluding hydrogens is 446 g/mol. The van der Waals surface area contributed by atoms with Gasteiger partial charge in [0.05, 0.1) is 16.3 Å². The Morgan fingerprint density at radius 1 is 1.00 bits per heavy atom. The predicted octanol–water partition coefficient (Wildman–Crippen LogP) is 3.18. The fourth-order valence-corrected chi connectivity index (χ4v) is 3.77. The van der Waals surface area contributed by atoms with Crippen LogP contribution in [0.15, 0.2) is 58.2 Å². The van der Waals surface area contributed by atoms with Crippen molar-refractivity contribution in [2.75, 3.05) is 0 Å². The zero-order valence-electron chi connectivity index (χ0n) is 17.6. The minimum absolute atomic E-state index is 0.0603. The number of rotatable bonds is 4. The molecule has 2 aromatic heterocycles. The van der Waals surface area contributed by atoms with Gasteiger partial charge in [0.25, 0.3) is 11.8 Å². The fourth-order valence-electron chi connectivity index (χ4n) is 3.55. The van der Waals surface area contributed by atoms with Crippen LogP contribution in [-0.4, -0.2) is 28.4 Å². The zero-order valence-corrected chi connectivity index (χ0v) is 18.4. The topological polar surface area (TPSA) is 126 Å². The molecule has 4 rings (SSSR count). The molecule has 1 aliphatic rings. The minimum atomic E-state index is -0.612. The summed E-state index contributed by atoms with van der Waals surface area (Å²) < 4.78 is 5.79. The molecule has 9 nitrogen and oxygen atoms in total. The van der Waals surface area contributed by atoms with Crippen LogP contribution in [0.3, 0.4) is 0 Å². The molecular formula is C23H20ClN5O4. The van der Waals surface area contributed by atoms with Gasteiger partial charge in [-0.3, -0.25) is 30.2 Å². The van der Waals surface area contributed by atoms with Crippen molar-refractivity contribution < 1.29 is 18.8 Å². The van der Waals surface area contributed by atoms with Crippen LogP contribution >= 0.6 is 11.6 Å². The quantitative estimate of drug-likeness (QED) is 0.510. The lowest BCUT2D eigenvalue weighted by Gasteiger charge is -2.13. The molecule has 0 spiro atoms. The van der Waals surface area contributed by atoms with Gasteiger partial charge in [0.1, 0.15) is 11.5 Å². The molecule has 0 aliphatic heterocycles. The SMILES string of the molecule is Cc1c(C(=O)NNC(=O)c2ccccc2Cl)oc2c1/C(=N/NC(=O)c1ccccn1)CCC2. The third-order valence-electron chi connectivity index (χ3n) is 5.13. The van der Waals surface area contributed by atoms with E-state index in [-0.39, 0.29) is 22.0 Å². The van der Waals surface area contributed by atoms with E-state index >= 15 is 0 Å². The van der Waals surface area contributed by atoms with Gasteiger partial charge in [-0.05, 0) is 44.0 Å². The number of hydrogen-bond donors (Lipinski definition) is 3. The second-order valence-corrected chi connectivity index (χ2v) is 7.72. The molecule has 0 saturated carbocycles. The second-order valence-electron chi connectivity index (χ2n) is 7.31. The molecule has 33 heavy (non-hydrogen) atoms. The molecule has 0 unspecified atom stereocenters. The van der Waals surface area contributed by atoms with E-state index in [1.165, 1.54) is 6.20 Å². The number of hydrazone groups is 1. The Morgan fingerprint density at radius 3 is 2.52 bits per heavy atom. The van der Waals surface area contributed by atoms with Crippen LogP contribution in [0.1, 0.15) is 61.1 Å². The van der Waals surface area contributed by atoms with E-state index < -0.39 is 17.7 Å². The first-order valence-corrected chi connectivity index (χ1v) is 10.6. The first-order valence-electron chi connectivity index (χ1n) is 10.2. The molecule has 3 N–H and O–H groups in total. The number of amides is 3. The minimum Gasteiger partial charge on any atom is -0.455 e. The molecule has 1 aliphatic carbocycles. The molecule has 0 bridgehead atoms. The predicted molar refractivity (Wildman–Crippen MR) is 121 cm³/mol. The summed E-state index contributed by atoms with van der Waals surface area (Å²) in [6.07, 6.45) is 3.52. The van der Waals surface area contributed by atoms with Crippen LogP contribution in [0.2, 0.25) is 5.02 Å². The lowest BCUT2D eigenvalue weighted by Crippen LogP contribution is -2.41. The van der Waals surface area contributed by atoms with Crippen LogP contribution in [0.5, 0.6) is 0 Å². The summed E-state index contributed by atoms with van der Waals surface area (Å²) in [7, 11) is 0. The molecule has 0 atom stereocenters. The smallest absolute Gasteiger partial charge is 0.305 e. The van der Waals surface area contributed by atoms with E-state index in [1.54, 1.807) is 49.4 Å². The average Bonchev–Trinajstić information content (AvgIpc) is 3.18. The highest BCUT2D eigenvalue weighted by atomic mass is 35.5. The molecule has 0 fully saturated rings. The van der Waals surface area contributed by atoms with E-state index in [4.69, 9.17) is 16.0 Å². The highest BCUT2D eigenvalue weighted by Gasteiger charge is 2.28. The number of carbonyl (C=O) groups excluding carboxylic acids is 3. The summed E-state index contributed by atoms with van der Waals surface area (Å²) in [4.78, 5) is 41.3. The van der Waals surface area contributed by atoms with Crippen molar-refractivity contribution in [3.8, 4) is 0 Å². The number of carbonyl (C=O) groups is 3. The number of hydrogen-bond acceptors (Lipinski definition) is 6. The van der Waals surface area contributed by atoms with Gasteiger partial charge in [-0.1, -0.05) is 29.8 Å². The third-order valence-corrected chi connectivity index (χ3v) is 5.46. The fraction of sp³-hybridized carbons (Fsp3) is 0.174. The van der Waals surface area contributed by atoms with Gasteiger partial charge in [0, 0.05) is 23.7 Å². The lowest BCUT2D eigenvalue weighted by atomic mass is 9.93. The van der Waals surface area contributed by atoms with E-state index in [0.29, 0.717) is 35.4 Å². The molecule has 3 amide bonds. The molecule has 3 aromatic rings. The third kappa shape index (κ3) is 4.78. The summed E-state index contributed by atoms with van der Waals surface area (Å²) in [6.45, 7) is 1.73. The second kappa shape index (κ2) is 9.66. The first-order chi connectivity index (χ1) is 16.0. The Morgan fingerprint density at radius 2 is 1.76 bits per heavy atom. The highest BCUT2D eigenvalue weighted by molar-refractivity contribution is 6.33. The number of nitrogens with zero attached hydrogens (tertiary/aromatic N) is 2. The standard InChI is InChI=1S/C23H20ClN5O4/c1-13-19-16(26-28-22(31)17-9-4-5-12-25-17)10-6-11-18(19)33-20(13)23(32)29-27-21(30)14-7-2-3-8-15(14)24/h2-5,7-9,12H,6,10-11H2,1H3,(H,27,30)(H,28,31)(H,29,32)/b26-16+. The number of fused-ring (bicyclic) bond motifs is 1. The van der Waals surface area contributed by atoms with Gasteiger partial charge in [-0.15, -0.1) is 0 Å². The van der Waals surface area contributed by atoms with Gasteiger partial charge >= 0.3 is 5.91 Å². The number of nitrogens with one attached hydrogen (secondary N) is 3. The van der Waals surface area contributed by atoms with E-state index in [1.807, 2.05) is 0 Å². The largest absolute Gasteiger partial charge is 0.455 e. The molecule has 0 saturated heterocycles. The van der Waals surface area contributed by atoms with Crippen molar-refractivity contribution in [1.29, 1.82) is 0 Å².